The molecule has 0 saturated carbocycles. The molecule has 2 aromatic carbocycles. The van der Waals surface area contributed by atoms with Crippen molar-refractivity contribution in [1.29, 1.82) is 0 Å². The second-order valence-electron chi connectivity index (χ2n) is 7.05. The van der Waals surface area contributed by atoms with Gasteiger partial charge in [-0.1, -0.05) is 31.2 Å². The minimum atomic E-state index is -0.279. The quantitative estimate of drug-likeness (QED) is 0.718. The van der Waals surface area contributed by atoms with Gasteiger partial charge in [0.05, 0.1) is 5.92 Å². The second kappa shape index (κ2) is 9.73. The van der Waals surface area contributed by atoms with E-state index in [-0.39, 0.29) is 23.8 Å². The fraction of sp³-hybridized carbons (Fsp3) is 0.318. The molecule has 0 aromatic heterocycles. The lowest BCUT2D eigenvalue weighted by molar-refractivity contribution is -0.121. The van der Waals surface area contributed by atoms with Crippen molar-refractivity contribution in [2.75, 3.05) is 29.0 Å². The summed E-state index contributed by atoms with van der Waals surface area (Å²) in [6.07, 6.45) is 1.89. The molecule has 1 aliphatic rings. The van der Waals surface area contributed by atoms with Crippen molar-refractivity contribution in [1.82, 2.24) is 4.90 Å². The SMILES string of the molecule is CCC(=O)Nc1cccc(NC(=O)C2CCCN(C(=O)Nc3ccccc3)C2)c1. The number of hydrogen-bond donors (Lipinski definition) is 3. The number of urea groups is 1. The van der Waals surface area contributed by atoms with Crippen LogP contribution in [0.15, 0.2) is 54.6 Å². The van der Waals surface area contributed by atoms with Crippen molar-refractivity contribution < 1.29 is 14.4 Å². The van der Waals surface area contributed by atoms with Crippen molar-refractivity contribution >= 4 is 34.9 Å². The summed E-state index contributed by atoms with van der Waals surface area (Å²) in [5, 5.41) is 8.55. The van der Waals surface area contributed by atoms with Crippen molar-refractivity contribution in [2.24, 2.45) is 5.92 Å². The molecule has 0 spiro atoms. The van der Waals surface area contributed by atoms with E-state index < -0.39 is 0 Å². The van der Waals surface area contributed by atoms with Gasteiger partial charge < -0.3 is 20.9 Å². The van der Waals surface area contributed by atoms with Gasteiger partial charge in [0.1, 0.15) is 0 Å². The van der Waals surface area contributed by atoms with Gasteiger partial charge in [-0.05, 0) is 43.2 Å². The molecule has 3 N–H and O–H groups in total. The Balaban J connectivity index is 1.57. The molecule has 0 aliphatic carbocycles. The molecule has 152 valence electrons. The zero-order valence-corrected chi connectivity index (χ0v) is 16.5. The summed E-state index contributed by atoms with van der Waals surface area (Å²) in [5.41, 5.74) is 1.99. The van der Waals surface area contributed by atoms with E-state index in [2.05, 4.69) is 16.0 Å². The van der Waals surface area contributed by atoms with Gasteiger partial charge in [-0.3, -0.25) is 9.59 Å². The highest BCUT2D eigenvalue weighted by Gasteiger charge is 2.28. The molecule has 1 heterocycles. The van der Waals surface area contributed by atoms with Gasteiger partial charge in [0.2, 0.25) is 11.8 Å². The molecule has 7 heteroatoms. The van der Waals surface area contributed by atoms with Crippen molar-refractivity contribution in [3.8, 4) is 0 Å². The first-order valence-corrected chi connectivity index (χ1v) is 9.87. The molecule has 0 bridgehead atoms. The van der Waals surface area contributed by atoms with Crippen molar-refractivity contribution in [2.45, 2.75) is 26.2 Å². The monoisotopic (exact) mass is 394 g/mol. The van der Waals surface area contributed by atoms with Crippen LogP contribution in [0.4, 0.5) is 21.9 Å². The van der Waals surface area contributed by atoms with Gasteiger partial charge in [0.15, 0.2) is 0 Å². The first kappa shape index (κ1) is 20.4. The normalized spacial score (nSPS) is 16.0. The summed E-state index contributed by atoms with van der Waals surface area (Å²) in [5.74, 6) is -0.485. The van der Waals surface area contributed by atoms with E-state index in [9.17, 15) is 14.4 Å². The number of nitrogens with one attached hydrogen (secondary N) is 3. The molecule has 7 nitrogen and oxygen atoms in total. The van der Waals surface area contributed by atoms with Crippen LogP contribution in [0.1, 0.15) is 26.2 Å². The van der Waals surface area contributed by atoms with E-state index in [1.165, 1.54) is 0 Å². The number of amides is 4. The Labute approximate surface area is 170 Å². The zero-order valence-electron chi connectivity index (χ0n) is 16.5. The fourth-order valence-electron chi connectivity index (χ4n) is 3.27. The molecule has 1 fully saturated rings. The zero-order chi connectivity index (χ0) is 20.6. The highest BCUT2D eigenvalue weighted by Crippen LogP contribution is 2.21. The van der Waals surface area contributed by atoms with Gasteiger partial charge in [-0.2, -0.15) is 0 Å². The number of carbonyl (C=O) groups excluding carboxylic acids is 3. The summed E-state index contributed by atoms with van der Waals surface area (Å²) in [6.45, 7) is 2.78. The first-order valence-electron chi connectivity index (χ1n) is 9.87. The number of likely N-dealkylation sites (tertiary alicyclic amines) is 1. The maximum Gasteiger partial charge on any atom is 0.321 e. The van der Waals surface area contributed by atoms with Crippen LogP contribution in [-0.2, 0) is 9.59 Å². The van der Waals surface area contributed by atoms with E-state index >= 15 is 0 Å². The second-order valence-corrected chi connectivity index (χ2v) is 7.05. The first-order chi connectivity index (χ1) is 14.0. The maximum absolute atomic E-state index is 12.7. The van der Waals surface area contributed by atoms with Crippen LogP contribution in [0, 0.1) is 5.92 Å². The minimum absolute atomic E-state index is 0.0826. The smallest absolute Gasteiger partial charge is 0.321 e. The summed E-state index contributed by atoms with van der Waals surface area (Å²) in [7, 11) is 0. The lowest BCUT2D eigenvalue weighted by Gasteiger charge is -2.32. The molecular formula is C22H26N4O3. The van der Waals surface area contributed by atoms with Gasteiger partial charge >= 0.3 is 6.03 Å². The van der Waals surface area contributed by atoms with Crippen molar-refractivity contribution in [3.63, 3.8) is 0 Å². The highest BCUT2D eigenvalue weighted by molar-refractivity contribution is 5.96. The Bertz CT molecular complexity index is 869. The van der Waals surface area contributed by atoms with Crippen molar-refractivity contribution in [3.05, 3.63) is 54.6 Å². The third-order valence-electron chi connectivity index (χ3n) is 4.84. The topological polar surface area (TPSA) is 90.5 Å². The number of para-hydroxylation sites is 1. The number of hydrogen-bond acceptors (Lipinski definition) is 3. The Morgan fingerprint density at radius 2 is 1.62 bits per heavy atom. The molecule has 0 radical (unpaired) electrons. The minimum Gasteiger partial charge on any atom is -0.326 e. The summed E-state index contributed by atoms with van der Waals surface area (Å²) >= 11 is 0. The lowest BCUT2D eigenvalue weighted by atomic mass is 9.97. The van der Waals surface area contributed by atoms with Crippen LogP contribution in [0.5, 0.6) is 0 Å². The Morgan fingerprint density at radius 3 is 2.34 bits per heavy atom. The average molecular weight is 394 g/mol. The van der Waals surface area contributed by atoms with Crippen LogP contribution in [0.2, 0.25) is 0 Å². The summed E-state index contributed by atoms with van der Waals surface area (Å²) in [6, 6.07) is 16.1. The standard InChI is InChI=1S/C22H26N4O3/c1-2-20(27)23-18-11-6-12-19(14-18)24-21(28)16-8-7-13-26(15-16)22(29)25-17-9-4-3-5-10-17/h3-6,9-12,14,16H,2,7-8,13,15H2,1H3,(H,23,27)(H,24,28)(H,25,29). The molecule has 1 unspecified atom stereocenters. The van der Waals surface area contributed by atoms with Gasteiger partial charge in [-0.25, -0.2) is 4.79 Å². The number of carbonyl (C=O) groups is 3. The van der Waals surface area contributed by atoms with Gasteiger partial charge in [0.25, 0.3) is 0 Å². The average Bonchev–Trinajstić information content (AvgIpc) is 2.74. The Kier molecular flexibility index (Phi) is 6.84. The maximum atomic E-state index is 12.7. The molecule has 1 atom stereocenters. The van der Waals surface area contributed by atoms with Gasteiger partial charge in [-0.15, -0.1) is 0 Å². The number of rotatable bonds is 5. The van der Waals surface area contributed by atoms with Crippen LogP contribution >= 0.6 is 0 Å². The molecule has 1 aliphatic heterocycles. The molecule has 29 heavy (non-hydrogen) atoms. The number of nitrogens with zero attached hydrogens (tertiary/aromatic N) is 1. The molecule has 4 amide bonds. The molecular weight excluding hydrogens is 368 g/mol. The van der Waals surface area contributed by atoms with Gasteiger partial charge in [0, 0.05) is 36.6 Å². The molecule has 1 saturated heterocycles. The highest BCUT2D eigenvalue weighted by atomic mass is 16.2. The van der Waals surface area contributed by atoms with E-state index in [4.69, 9.17) is 0 Å². The molecule has 3 rings (SSSR count). The van der Waals surface area contributed by atoms with E-state index in [0.717, 1.165) is 18.5 Å². The predicted octanol–water partition coefficient (Wildman–Crippen LogP) is 3.92. The van der Waals surface area contributed by atoms with Crippen LogP contribution in [0.3, 0.4) is 0 Å². The summed E-state index contributed by atoms with van der Waals surface area (Å²) in [4.78, 5) is 38.5. The third kappa shape index (κ3) is 5.81. The Morgan fingerprint density at radius 1 is 0.931 bits per heavy atom. The van der Waals surface area contributed by atoms with E-state index in [1.54, 1.807) is 36.1 Å². The number of piperidine rings is 1. The molecule has 2 aromatic rings. The predicted molar refractivity (Wildman–Crippen MR) is 114 cm³/mol. The number of benzene rings is 2. The fourth-order valence-corrected chi connectivity index (χ4v) is 3.27. The number of anilines is 3. The lowest BCUT2D eigenvalue weighted by Crippen LogP contribution is -2.45. The van der Waals surface area contributed by atoms with Crippen LogP contribution < -0.4 is 16.0 Å². The van der Waals surface area contributed by atoms with Crippen LogP contribution in [0.25, 0.3) is 0 Å². The Hall–Kier alpha value is -3.35. The third-order valence-corrected chi connectivity index (χ3v) is 4.84. The summed E-state index contributed by atoms with van der Waals surface area (Å²) < 4.78 is 0. The van der Waals surface area contributed by atoms with E-state index in [1.807, 2.05) is 30.3 Å². The largest absolute Gasteiger partial charge is 0.326 e. The van der Waals surface area contributed by atoms with E-state index in [0.29, 0.717) is 30.9 Å². The van der Waals surface area contributed by atoms with Crippen LogP contribution in [-0.4, -0.2) is 35.8 Å².